The molecule has 0 spiro atoms. The van der Waals surface area contributed by atoms with Gasteiger partial charge in [0, 0.05) is 13.2 Å². The third kappa shape index (κ3) is 3.10. The topological polar surface area (TPSA) is 103 Å². The zero-order valence-corrected chi connectivity index (χ0v) is 10.2. The lowest BCUT2D eigenvalue weighted by molar-refractivity contribution is 0.0595. The van der Waals surface area contributed by atoms with Crippen LogP contribution in [0.25, 0.3) is 0 Å². The zero-order valence-electron chi connectivity index (χ0n) is 10.2. The smallest absolute Gasteiger partial charge is 0.267 e. The van der Waals surface area contributed by atoms with Crippen LogP contribution in [0.2, 0.25) is 0 Å². The molecule has 0 aliphatic carbocycles. The van der Waals surface area contributed by atoms with Crippen molar-refractivity contribution in [1.29, 1.82) is 0 Å². The Morgan fingerprint density at radius 1 is 1.56 bits per heavy atom. The van der Waals surface area contributed by atoms with E-state index in [9.17, 15) is 4.79 Å². The van der Waals surface area contributed by atoms with Gasteiger partial charge in [-0.2, -0.15) is 0 Å². The Kier molecular flexibility index (Phi) is 3.99. The Bertz CT molecular complexity index is 430. The Labute approximate surface area is 106 Å². The van der Waals surface area contributed by atoms with Gasteiger partial charge >= 0.3 is 0 Å². The van der Waals surface area contributed by atoms with Crippen molar-refractivity contribution in [3.8, 4) is 0 Å². The predicted molar refractivity (Wildman–Crippen MR) is 69.2 cm³/mol. The second-order valence-electron chi connectivity index (χ2n) is 4.46. The third-order valence-electron chi connectivity index (χ3n) is 2.99. The van der Waals surface area contributed by atoms with Gasteiger partial charge in [-0.25, -0.2) is 4.98 Å². The molecule has 1 atom stereocenters. The largest absolute Gasteiger partial charge is 0.396 e. The summed E-state index contributed by atoms with van der Waals surface area (Å²) in [5, 5.41) is 3.15. The summed E-state index contributed by atoms with van der Waals surface area (Å²) in [4.78, 5) is 15.1. The van der Waals surface area contributed by atoms with Crippen molar-refractivity contribution in [3.63, 3.8) is 0 Å². The molecule has 1 amide bonds. The van der Waals surface area contributed by atoms with Crippen molar-refractivity contribution in [2.75, 3.05) is 30.8 Å². The number of anilines is 2. The molecular formula is C12H18N4O2. The number of nitrogens with zero attached hydrogens (tertiary/aromatic N) is 1. The fourth-order valence-electron chi connectivity index (χ4n) is 1.96. The lowest BCUT2D eigenvalue weighted by atomic mass is 10.0. The van der Waals surface area contributed by atoms with E-state index in [4.69, 9.17) is 16.2 Å². The van der Waals surface area contributed by atoms with Crippen LogP contribution in [0.15, 0.2) is 12.1 Å². The molecule has 1 aromatic heterocycles. The molecule has 98 valence electrons. The van der Waals surface area contributed by atoms with Crippen LogP contribution in [0, 0.1) is 5.92 Å². The van der Waals surface area contributed by atoms with E-state index in [-0.39, 0.29) is 5.69 Å². The number of ether oxygens (including phenoxy) is 1. The van der Waals surface area contributed by atoms with Crippen molar-refractivity contribution < 1.29 is 9.53 Å². The molecule has 1 aliphatic rings. The normalized spacial score (nSPS) is 19.4. The predicted octanol–water partition coefficient (Wildman–Crippen LogP) is 0.601. The Hall–Kier alpha value is -1.82. The maximum atomic E-state index is 11.0. The van der Waals surface area contributed by atoms with Crippen LogP contribution in [0.1, 0.15) is 23.3 Å². The number of amides is 1. The highest BCUT2D eigenvalue weighted by Crippen LogP contribution is 2.18. The van der Waals surface area contributed by atoms with Gasteiger partial charge in [-0.15, -0.1) is 0 Å². The molecule has 2 rings (SSSR count). The van der Waals surface area contributed by atoms with Crippen LogP contribution in [0.5, 0.6) is 0 Å². The maximum absolute atomic E-state index is 11.0. The summed E-state index contributed by atoms with van der Waals surface area (Å²) >= 11 is 0. The molecule has 6 heteroatoms. The molecular weight excluding hydrogens is 232 g/mol. The minimum absolute atomic E-state index is 0.214. The van der Waals surface area contributed by atoms with Crippen molar-refractivity contribution in [2.45, 2.75) is 12.8 Å². The van der Waals surface area contributed by atoms with Gasteiger partial charge in [0.05, 0.1) is 12.3 Å². The fraction of sp³-hybridized carbons (Fsp3) is 0.500. The van der Waals surface area contributed by atoms with Crippen molar-refractivity contribution in [3.05, 3.63) is 17.8 Å². The summed E-state index contributed by atoms with van der Waals surface area (Å²) in [6, 6.07) is 3.15. The first-order valence-electron chi connectivity index (χ1n) is 6.05. The number of aromatic nitrogens is 1. The molecule has 0 aromatic carbocycles. The minimum Gasteiger partial charge on any atom is -0.396 e. The van der Waals surface area contributed by atoms with Gasteiger partial charge in [0.25, 0.3) is 5.91 Å². The molecule has 6 nitrogen and oxygen atoms in total. The second kappa shape index (κ2) is 5.68. The highest BCUT2D eigenvalue weighted by Gasteiger charge is 2.14. The summed E-state index contributed by atoms with van der Waals surface area (Å²) in [5.41, 5.74) is 11.7. The first-order chi connectivity index (χ1) is 8.66. The number of carbonyl (C=O) groups excluding carboxylic acids is 1. The number of hydrogen-bond acceptors (Lipinski definition) is 5. The molecule has 1 saturated heterocycles. The van der Waals surface area contributed by atoms with Gasteiger partial charge in [-0.3, -0.25) is 4.79 Å². The molecule has 18 heavy (non-hydrogen) atoms. The Morgan fingerprint density at radius 2 is 2.39 bits per heavy atom. The van der Waals surface area contributed by atoms with Crippen molar-refractivity contribution in [1.82, 2.24) is 4.98 Å². The van der Waals surface area contributed by atoms with Crippen LogP contribution < -0.4 is 16.8 Å². The van der Waals surface area contributed by atoms with Crippen LogP contribution >= 0.6 is 0 Å². The molecule has 1 aliphatic heterocycles. The number of primary amides is 1. The lowest BCUT2D eigenvalue weighted by Gasteiger charge is -2.22. The average molecular weight is 250 g/mol. The summed E-state index contributed by atoms with van der Waals surface area (Å²) in [5.74, 6) is 0.410. The first-order valence-corrected chi connectivity index (χ1v) is 6.05. The summed E-state index contributed by atoms with van der Waals surface area (Å²) < 4.78 is 5.40. The Balaban J connectivity index is 1.99. The van der Waals surface area contributed by atoms with E-state index in [2.05, 4.69) is 10.3 Å². The monoisotopic (exact) mass is 250 g/mol. The number of nitrogen functional groups attached to an aromatic ring is 1. The minimum atomic E-state index is -0.556. The second-order valence-corrected chi connectivity index (χ2v) is 4.46. The number of nitrogens with one attached hydrogen (secondary N) is 1. The number of nitrogens with two attached hydrogens (primary N) is 2. The third-order valence-corrected chi connectivity index (χ3v) is 2.99. The molecule has 0 radical (unpaired) electrons. The lowest BCUT2D eigenvalue weighted by Crippen LogP contribution is -2.25. The highest BCUT2D eigenvalue weighted by atomic mass is 16.5. The van der Waals surface area contributed by atoms with E-state index in [1.54, 1.807) is 6.07 Å². The molecule has 5 N–H and O–H groups in total. The first kappa shape index (κ1) is 12.6. The van der Waals surface area contributed by atoms with Crippen LogP contribution in [-0.2, 0) is 4.74 Å². The SMILES string of the molecule is NC(=O)c1ccc(N)c(NCC2CCCOC2)n1. The Morgan fingerprint density at radius 3 is 3.06 bits per heavy atom. The molecule has 0 saturated carbocycles. The fourth-order valence-corrected chi connectivity index (χ4v) is 1.96. The summed E-state index contributed by atoms with van der Waals surface area (Å²) in [7, 11) is 0. The highest BCUT2D eigenvalue weighted by molar-refractivity contribution is 5.91. The number of hydrogen-bond donors (Lipinski definition) is 3. The molecule has 1 fully saturated rings. The number of rotatable bonds is 4. The number of carbonyl (C=O) groups is 1. The van der Waals surface area contributed by atoms with E-state index >= 15 is 0 Å². The number of pyridine rings is 1. The van der Waals surface area contributed by atoms with E-state index in [0.717, 1.165) is 32.6 Å². The zero-order chi connectivity index (χ0) is 13.0. The van der Waals surface area contributed by atoms with Gasteiger partial charge in [-0.05, 0) is 30.9 Å². The average Bonchev–Trinajstić information content (AvgIpc) is 2.38. The van der Waals surface area contributed by atoms with Crippen LogP contribution in [-0.4, -0.2) is 30.6 Å². The van der Waals surface area contributed by atoms with Crippen LogP contribution in [0.3, 0.4) is 0 Å². The van der Waals surface area contributed by atoms with E-state index in [1.807, 2.05) is 0 Å². The summed E-state index contributed by atoms with van der Waals surface area (Å²) in [6.45, 7) is 2.33. The maximum Gasteiger partial charge on any atom is 0.267 e. The molecule has 0 bridgehead atoms. The van der Waals surface area contributed by atoms with Gasteiger partial charge in [-0.1, -0.05) is 0 Å². The standard InChI is InChI=1S/C12H18N4O2/c13-9-3-4-10(11(14)17)16-12(9)15-6-8-2-1-5-18-7-8/h3-4,8H,1-2,5-7,13H2,(H2,14,17)(H,15,16). The van der Waals surface area contributed by atoms with Gasteiger partial charge in [0.15, 0.2) is 0 Å². The van der Waals surface area contributed by atoms with Crippen LogP contribution in [0.4, 0.5) is 11.5 Å². The van der Waals surface area contributed by atoms with Gasteiger partial charge in [0.1, 0.15) is 11.5 Å². The van der Waals surface area contributed by atoms with Gasteiger partial charge in [0.2, 0.25) is 0 Å². The van der Waals surface area contributed by atoms with Crippen molar-refractivity contribution >= 4 is 17.4 Å². The van der Waals surface area contributed by atoms with E-state index in [0.29, 0.717) is 17.4 Å². The van der Waals surface area contributed by atoms with E-state index in [1.165, 1.54) is 6.07 Å². The van der Waals surface area contributed by atoms with Crippen molar-refractivity contribution in [2.24, 2.45) is 11.7 Å². The quantitative estimate of drug-likeness (QED) is 0.726. The molecule has 1 aromatic rings. The van der Waals surface area contributed by atoms with E-state index < -0.39 is 5.91 Å². The molecule has 2 heterocycles. The summed E-state index contributed by atoms with van der Waals surface area (Å²) in [6.07, 6.45) is 2.21. The van der Waals surface area contributed by atoms with Gasteiger partial charge < -0.3 is 21.5 Å². The molecule has 1 unspecified atom stereocenters.